The normalized spacial score (nSPS) is 27.3. The minimum absolute atomic E-state index is 0.234. The van der Waals surface area contributed by atoms with Gasteiger partial charge in [-0.1, -0.05) is 12.1 Å². The molecule has 1 aromatic rings. The highest BCUT2D eigenvalue weighted by Gasteiger charge is 2.44. The van der Waals surface area contributed by atoms with Crippen LogP contribution in [0.15, 0.2) is 18.2 Å². The molecule has 3 heterocycles. The van der Waals surface area contributed by atoms with Crippen LogP contribution < -0.4 is 9.80 Å². The first-order chi connectivity index (χ1) is 10.7. The van der Waals surface area contributed by atoms with Crippen LogP contribution in [0.3, 0.4) is 0 Å². The van der Waals surface area contributed by atoms with E-state index in [9.17, 15) is 5.11 Å². The molecule has 0 amide bonds. The summed E-state index contributed by atoms with van der Waals surface area (Å²) < 4.78 is 0. The van der Waals surface area contributed by atoms with E-state index in [2.05, 4.69) is 46.7 Å². The average Bonchev–Trinajstić information content (AvgIpc) is 2.85. The van der Waals surface area contributed by atoms with Gasteiger partial charge in [-0.25, -0.2) is 0 Å². The van der Waals surface area contributed by atoms with E-state index in [0.29, 0.717) is 18.0 Å². The number of rotatable bonds is 3. The van der Waals surface area contributed by atoms with E-state index < -0.39 is 0 Å². The smallest absolute Gasteiger partial charge is 0.0644 e. The van der Waals surface area contributed by atoms with Gasteiger partial charge < -0.3 is 19.8 Å². The van der Waals surface area contributed by atoms with Crippen LogP contribution >= 0.6 is 0 Å². The number of likely N-dealkylation sites (tertiary alicyclic amines) is 1. The lowest BCUT2D eigenvalue weighted by Gasteiger charge is -2.43. The molecule has 1 N–H and O–H groups in total. The first-order valence-electron chi connectivity index (χ1n) is 8.70. The molecule has 2 atom stereocenters. The van der Waals surface area contributed by atoms with Crippen molar-refractivity contribution in [3.05, 3.63) is 23.8 Å². The Morgan fingerprint density at radius 1 is 1.23 bits per heavy atom. The number of para-hydroxylation sites is 1. The molecule has 4 heteroatoms. The average molecular weight is 301 g/mol. The number of hydrogen-bond acceptors (Lipinski definition) is 4. The molecule has 1 saturated heterocycles. The fourth-order valence-electron chi connectivity index (χ4n) is 4.67. The number of aliphatic hydroxyl groups excluding tert-OH is 1. The third-order valence-electron chi connectivity index (χ3n) is 5.79. The van der Waals surface area contributed by atoms with Crippen LogP contribution in [0.4, 0.5) is 11.4 Å². The van der Waals surface area contributed by atoms with Crippen molar-refractivity contribution in [1.82, 2.24) is 4.90 Å². The Morgan fingerprint density at radius 2 is 2.09 bits per heavy atom. The van der Waals surface area contributed by atoms with Crippen LogP contribution in [0.2, 0.25) is 0 Å². The summed E-state index contributed by atoms with van der Waals surface area (Å²) in [6, 6.07) is 8.10. The summed E-state index contributed by atoms with van der Waals surface area (Å²) in [7, 11) is 0. The van der Waals surface area contributed by atoms with Crippen LogP contribution in [0, 0.1) is 0 Å². The maximum atomic E-state index is 9.34. The van der Waals surface area contributed by atoms with Gasteiger partial charge in [0.25, 0.3) is 0 Å². The van der Waals surface area contributed by atoms with Crippen molar-refractivity contribution in [2.45, 2.75) is 38.3 Å². The van der Waals surface area contributed by atoms with Gasteiger partial charge in [-0.3, -0.25) is 0 Å². The molecule has 0 saturated carbocycles. The summed E-state index contributed by atoms with van der Waals surface area (Å²) in [5, 5.41) is 9.34. The van der Waals surface area contributed by atoms with Gasteiger partial charge in [-0.2, -0.15) is 0 Å². The van der Waals surface area contributed by atoms with Crippen LogP contribution in [-0.2, 0) is 0 Å². The van der Waals surface area contributed by atoms with Gasteiger partial charge in [0, 0.05) is 50.7 Å². The Labute approximate surface area is 133 Å². The Bertz CT molecular complexity index is 559. The highest BCUT2D eigenvalue weighted by molar-refractivity contribution is 5.81. The van der Waals surface area contributed by atoms with Gasteiger partial charge in [0.1, 0.15) is 0 Å². The summed E-state index contributed by atoms with van der Waals surface area (Å²) >= 11 is 0. The predicted molar refractivity (Wildman–Crippen MR) is 90.9 cm³/mol. The SMILES string of the molecule is CC(C)N1CCC2C(C1)c1cccc3c1N2CCN3CCO. The zero-order valence-electron chi connectivity index (χ0n) is 13.7. The second-order valence-electron chi connectivity index (χ2n) is 7.17. The van der Waals surface area contributed by atoms with E-state index in [1.54, 1.807) is 0 Å². The van der Waals surface area contributed by atoms with Crippen LogP contribution in [0.1, 0.15) is 31.7 Å². The molecule has 4 nitrogen and oxygen atoms in total. The summed E-state index contributed by atoms with van der Waals surface area (Å²) in [6.45, 7) is 10.2. The molecule has 120 valence electrons. The maximum Gasteiger partial charge on any atom is 0.0644 e. The van der Waals surface area contributed by atoms with Crippen LogP contribution in [0.5, 0.6) is 0 Å². The van der Waals surface area contributed by atoms with E-state index in [1.165, 1.54) is 36.4 Å². The lowest BCUT2D eigenvalue weighted by Crippen LogP contribution is -2.51. The van der Waals surface area contributed by atoms with Crippen molar-refractivity contribution < 1.29 is 5.11 Å². The standard InChI is InChI=1S/C18H27N3O/c1-13(2)20-7-6-16-15(12-20)14-4-3-5-17-18(14)21(16)9-8-19(17)10-11-22/h3-5,13,15-16,22H,6-12H2,1-2H3. The second kappa shape index (κ2) is 5.43. The fraction of sp³-hybridized carbons (Fsp3) is 0.667. The van der Waals surface area contributed by atoms with Gasteiger partial charge in [-0.05, 0) is 31.9 Å². The minimum Gasteiger partial charge on any atom is -0.395 e. The molecule has 2 unspecified atom stereocenters. The van der Waals surface area contributed by atoms with Crippen LogP contribution in [-0.4, -0.2) is 61.4 Å². The Balaban J connectivity index is 1.71. The van der Waals surface area contributed by atoms with Gasteiger partial charge in [0.15, 0.2) is 0 Å². The van der Waals surface area contributed by atoms with E-state index >= 15 is 0 Å². The summed E-state index contributed by atoms with van der Waals surface area (Å²) in [5.74, 6) is 0.653. The number of hydrogen-bond donors (Lipinski definition) is 1. The second-order valence-corrected chi connectivity index (χ2v) is 7.17. The molecule has 1 aromatic carbocycles. The summed E-state index contributed by atoms with van der Waals surface area (Å²) in [4.78, 5) is 7.65. The van der Waals surface area contributed by atoms with Crippen molar-refractivity contribution in [3.8, 4) is 0 Å². The number of piperidine rings is 1. The van der Waals surface area contributed by atoms with Crippen molar-refractivity contribution in [2.24, 2.45) is 0 Å². The van der Waals surface area contributed by atoms with Crippen molar-refractivity contribution >= 4 is 11.4 Å². The van der Waals surface area contributed by atoms with E-state index in [-0.39, 0.29) is 6.61 Å². The van der Waals surface area contributed by atoms with Crippen molar-refractivity contribution in [2.75, 3.05) is 49.1 Å². The zero-order valence-corrected chi connectivity index (χ0v) is 13.7. The molecular weight excluding hydrogens is 274 g/mol. The van der Waals surface area contributed by atoms with Gasteiger partial charge in [0.2, 0.25) is 0 Å². The third-order valence-corrected chi connectivity index (χ3v) is 5.79. The third kappa shape index (κ3) is 2.04. The first kappa shape index (κ1) is 14.3. The molecule has 0 aliphatic carbocycles. The monoisotopic (exact) mass is 301 g/mol. The Morgan fingerprint density at radius 3 is 2.86 bits per heavy atom. The molecule has 0 aromatic heterocycles. The predicted octanol–water partition coefficient (Wildman–Crippen LogP) is 1.89. The quantitative estimate of drug-likeness (QED) is 0.923. The molecule has 3 aliphatic rings. The lowest BCUT2D eigenvalue weighted by atomic mass is 9.88. The molecule has 0 spiro atoms. The molecular formula is C18H27N3O. The molecule has 0 bridgehead atoms. The number of β-amino-alcohol motifs (C(OH)–C–C–N with tert-alkyl or cyclic N) is 1. The molecule has 4 rings (SSSR count). The number of fused-ring (bicyclic) bond motifs is 3. The lowest BCUT2D eigenvalue weighted by molar-refractivity contribution is 0.156. The largest absolute Gasteiger partial charge is 0.395 e. The fourth-order valence-corrected chi connectivity index (χ4v) is 4.67. The highest BCUT2D eigenvalue weighted by Crippen LogP contribution is 2.50. The minimum atomic E-state index is 0.234. The number of nitrogens with zero attached hydrogens (tertiary/aromatic N) is 3. The maximum absolute atomic E-state index is 9.34. The van der Waals surface area contributed by atoms with Crippen LogP contribution in [0.25, 0.3) is 0 Å². The van der Waals surface area contributed by atoms with Gasteiger partial charge in [-0.15, -0.1) is 0 Å². The van der Waals surface area contributed by atoms with E-state index in [0.717, 1.165) is 19.6 Å². The Hall–Kier alpha value is -1.26. The summed E-state index contributed by atoms with van der Waals surface area (Å²) in [5.41, 5.74) is 4.33. The highest BCUT2D eigenvalue weighted by atomic mass is 16.3. The van der Waals surface area contributed by atoms with Gasteiger partial charge in [0.05, 0.1) is 18.0 Å². The van der Waals surface area contributed by atoms with Gasteiger partial charge >= 0.3 is 0 Å². The topological polar surface area (TPSA) is 30.0 Å². The number of benzene rings is 1. The summed E-state index contributed by atoms with van der Waals surface area (Å²) in [6.07, 6.45) is 1.27. The zero-order chi connectivity index (χ0) is 15.3. The van der Waals surface area contributed by atoms with Crippen molar-refractivity contribution in [1.29, 1.82) is 0 Å². The molecule has 22 heavy (non-hydrogen) atoms. The molecule has 0 radical (unpaired) electrons. The Kier molecular flexibility index (Phi) is 3.54. The van der Waals surface area contributed by atoms with E-state index in [1.807, 2.05) is 0 Å². The number of anilines is 2. The number of aliphatic hydroxyl groups is 1. The first-order valence-corrected chi connectivity index (χ1v) is 8.70. The molecule has 1 fully saturated rings. The van der Waals surface area contributed by atoms with Crippen molar-refractivity contribution in [3.63, 3.8) is 0 Å². The van der Waals surface area contributed by atoms with E-state index in [4.69, 9.17) is 0 Å². The molecule has 3 aliphatic heterocycles.